The number of aromatic nitrogens is 5. The summed E-state index contributed by atoms with van der Waals surface area (Å²) in [7, 11) is 0. The number of aromatic amines is 1. The van der Waals surface area contributed by atoms with Gasteiger partial charge in [-0.25, -0.2) is 9.78 Å². The van der Waals surface area contributed by atoms with E-state index in [1.165, 1.54) is 6.07 Å². The molecule has 5 heterocycles. The molecule has 0 aromatic carbocycles. The Labute approximate surface area is 164 Å². The maximum absolute atomic E-state index is 11.1. The quantitative estimate of drug-likeness (QED) is 0.469. The van der Waals surface area contributed by atoms with Gasteiger partial charge >= 0.3 is 5.97 Å². The topological polar surface area (TPSA) is 133 Å². The molecule has 10 heteroatoms. The van der Waals surface area contributed by atoms with Crippen LogP contribution >= 0.6 is 0 Å². The van der Waals surface area contributed by atoms with Crippen LogP contribution in [0.3, 0.4) is 0 Å². The second-order valence-electron chi connectivity index (χ2n) is 6.71. The number of hydrogen-bond donors (Lipinski definition) is 3. The summed E-state index contributed by atoms with van der Waals surface area (Å²) in [5.74, 6) is 0.216. The SMILES string of the molecule is O=C(O)c1cc(Nc2nc(N3CCCC3c3ccccn3)nc3ccoc23)n[nH]1. The highest BCUT2D eigenvalue weighted by Crippen LogP contribution is 2.35. The van der Waals surface area contributed by atoms with Crippen LogP contribution in [0.1, 0.15) is 35.1 Å². The van der Waals surface area contributed by atoms with Crippen molar-refractivity contribution >= 4 is 34.7 Å². The van der Waals surface area contributed by atoms with Crippen LogP contribution in [0, 0.1) is 0 Å². The maximum Gasteiger partial charge on any atom is 0.353 e. The largest absolute Gasteiger partial charge is 0.477 e. The fraction of sp³-hybridized carbons (Fsp3) is 0.211. The molecule has 1 saturated heterocycles. The van der Waals surface area contributed by atoms with E-state index in [0.717, 1.165) is 25.1 Å². The van der Waals surface area contributed by atoms with Gasteiger partial charge in [0.2, 0.25) is 5.95 Å². The predicted octanol–water partition coefficient (Wildman–Crippen LogP) is 3.12. The summed E-state index contributed by atoms with van der Waals surface area (Å²) in [6.45, 7) is 0.815. The van der Waals surface area contributed by atoms with E-state index in [1.807, 2.05) is 18.2 Å². The van der Waals surface area contributed by atoms with Crippen LogP contribution < -0.4 is 10.2 Å². The standard InChI is InChI=1S/C19H17N7O3/c27-18(28)13-10-15(25-24-13)22-17-16-12(6-9-29-16)21-19(23-17)26-8-3-5-14(26)11-4-1-2-7-20-11/h1-2,4,6-7,9-10,14H,3,5,8H2,(H,27,28)(H2,21,22,23,24,25). The number of nitrogens with one attached hydrogen (secondary N) is 2. The number of H-pyrrole nitrogens is 1. The molecule has 0 amide bonds. The van der Waals surface area contributed by atoms with E-state index in [9.17, 15) is 4.79 Å². The van der Waals surface area contributed by atoms with Gasteiger partial charge in [0.15, 0.2) is 17.2 Å². The van der Waals surface area contributed by atoms with Gasteiger partial charge in [-0.2, -0.15) is 10.1 Å². The number of anilines is 3. The van der Waals surface area contributed by atoms with Gasteiger partial charge in [-0.05, 0) is 25.0 Å². The van der Waals surface area contributed by atoms with Crippen LogP contribution in [-0.2, 0) is 0 Å². The van der Waals surface area contributed by atoms with Gasteiger partial charge in [0.25, 0.3) is 0 Å². The number of fused-ring (bicyclic) bond motifs is 1. The minimum Gasteiger partial charge on any atom is -0.477 e. The molecule has 3 N–H and O–H groups in total. The van der Waals surface area contributed by atoms with Crippen molar-refractivity contribution in [3.63, 3.8) is 0 Å². The number of carbonyl (C=O) groups is 1. The van der Waals surface area contributed by atoms with Crippen molar-refractivity contribution in [1.82, 2.24) is 25.1 Å². The first-order chi connectivity index (χ1) is 14.2. The Morgan fingerprint density at radius 3 is 3.03 bits per heavy atom. The van der Waals surface area contributed by atoms with Crippen molar-refractivity contribution in [3.05, 3.63) is 54.2 Å². The molecule has 0 bridgehead atoms. The summed E-state index contributed by atoms with van der Waals surface area (Å²) < 4.78 is 5.53. The predicted molar refractivity (Wildman–Crippen MR) is 104 cm³/mol. The third-order valence-electron chi connectivity index (χ3n) is 4.89. The molecule has 10 nitrogen and oxygen atoms in total. The van der Waals surface area contributed by atoms with Crippen molar-refractivity contribution in [2.45, 2.75) is 18.9 Å². The van der Waals surface area contributed by atoms with Crippen LogP contribution in [0.2, 0.25) is 0 Å². The summed E-state index contributed by atoms with van der Waals surface area (Å²) in [5.41, 5.74) is 2.08. The van der Waals surface area contributed by atoms with E-state index in [1.54, 1.807) is 18.5 Å². The molecule has 0 radical (unpaired) electrons. The number of carboxylic acid groups (broad SMARTS) is 1. The molecule has 1 atom stereocenters. The van der Waals surface area contributed by atoms with Crippen LogP contribution in [0.15, 0.2) is 47.2 Å². The van der Waals surface area contributed by atoms with Crippen molar-refractivity contribution in [2.24, 2.45) is 0 Å². The fourth-order valence-electron chi connectivity index (χ4n) is 3.57. The molecule has 1 aliphatic heterocycles. The Balaban J connectivity index is 1.52. The molecule has 0 aliphatic carbocycles. The number of aromatic carboxylic acids is 1. The number of carboxylic acids is 1. The lowest BCUT2D eigenvalue weighted by atomic mass is 10.1. The summed E-state index contributed by atoms with van der Waals surface area (Å²) in [4.78, 5) is 27.0. The molecule has 1 aliphatic rings. The Morgan fingerprint density at radius 2 is 2.24 bits per heavy atom. The molecule has 1 unspecified atom stereocenters. The van der Waals surface area contributed by atoms with Gasteiger partial charge in [-0.15, -0.1) is 0 Å². The lowest BCUT2D eigenvalue weighted by molar-refractivity contribution is 0.0690. The highest BCUT2D eigenvalue weighted by Gasteiger charge is 2.30. The van der Waals surface area contributed by atoms with Crippen molar-refractivity contribution in [1.29, 1.82) is 0 Å². The highest BCUT2D eigenvalue weighted by atomic mass is 16.4. The third kappa shape index (κ3) is 3.14. The van der Waals surface area contributed by atoms with Gasteiger partial charge in [0.1, 0.15) is 11.2 Å². The molecular weight excluding hydrogens is 374 g/mol. The van der Waals surface area contributed by atoms with Crippen LogP contribution in [0.5, 0.6) is 0 Å². The van der Waals surface area contributed by atoms with Crippen molar-refractivity contribution in [3.8, 4) is 0 Å². The fourth-order valence-corrected chi connectivity index (χ4v) is 3.57. The molecule has 0 spiro atoms. The Hall–Kier alpha value is -3.95. The third-order valence-corrected chi connectivity index (χ3v) is 4.89. The normalized spacial score (nSPS) is 16.4. The van der Waals surface area contributed by atoms with E-state index >= 15 is 0 Å². The van der Waals surface area contributed by atoms with Crippen molar-refractivity contribution in [2.75, 3.05) is 16.8 Å². The number of rotatable bonds is 5. The zero-order chi connectivity index (χ0) is 19.8. The van der Waals surface area contributed by atoms with Gasteiger partial charge in [0, 0.05) is 24.9 Å². The smallest absolute Gasteiger partial charge is 0.353 e. The van der Waals surface area contributed by atoms with Crippen LogP contribution in [0.4, 0.5) is 17.6 Å². The lowest BCUT2D eigenvalue weighted by Gasteiger charge is -2.24. The maximum atomic E-state index is 11.1. The van der Waals surface area contributed by atoms with E-state index in [4.69, 9.17) is 9.52 Å². The highest BCUT2D eigenvalue weighted by molar-refractivity contribution is 5.89. The second-order valence-corrected chi connectivity index (χ2v) is 6.71. The van der Waals surface area contributed by atoms with E-state index < -0.39 is 5.97 Å². The first-order valence-corrected chi connectivity index (χ1v) is 9.17. The summed E-state index contributed by atoms with van der Waals surface area (Å²) in [6, 6.07) is 9.14. The molecular formula is C19H17N7O3. The molecule has 146 valence electrons. The number of pyridine rings is 1. The monoisotopic (exact) mass is 391 g/mol. The Kier molecular flexibility index (Phi) is 4.08. The van der Waals surface area contributed by atoms with E-state index in [0.29, 0.717) is 28.7 Å². The van der Waals surface area contributed by atoms with E-state index in [2.05, 4.69) is 35.4 Å². The zero-order valence-electron chi connectivity index (χ0n) is 15.2. The van der Waals surface area contributed by atoms with Gasteiger partial charge in [-0.3, -0.25) is 10.1 Å². The van der Waals surface area contributed by atoms with Gasteiger partial charge < -0.3 is 19.7 Å². The molecule has 4 aromatic heterocycles. The first kappa shape index (κ1) is 17.2. The molecule has 1 fully saturated rings. The number of nitrogens with zero attached hydrogens (tertiary/aromatic N) is 5. The van der Waals surface area contributed by atoms with E-state index in [-0.39, 0.29) is 11.7 Å². The number of hydrogen-bond acceptors (Lipinski definition) is 8. The first-order valence-electron chi connectivity index (χ1n) is 9.17. The van der Waals surface area contributed by atoms with Crippen LogP contribution in [0.25, 0.3) is 11.1 Å². The Bertz CT molecular complexity index is 1170. The average Bonchev–Trinajstić information content (AvgIpc) is 3.48. The summed E-state index contributed by atoms with van der Waals surface area (Å²) >= 11 is 0. The summed E-state index contributed by atoms with van der Waals surface area (Å²) in [6.07, 6.45) is 5.31. The molecule has 29 heavy (non-hydrogen) atoms. The molecule has 0 saturated carbocycles. The van der Waals surface area contributed by atoms with Crippen LogP contribution in [-0.4, -0.2) is 42.8 Å². The molecule has 4 aromatic rings. The lowest BCUT2D eigenvalue weighted by Crippen LogP contribution is -2.25. The average molecular weight is 391 g/mol. The number of furan rings is 1. The summed E-state index contributed by atoms with van der Waals surface area (Å²) in [5, 5.41) is 18.5. The second kappa shape index (κ2) is 6.89. The van der Waals surface area contributed by atoms with Gasteiger partial charge in [0.05, 0.1) is 18.0 Å². The minimum atomic E-state index is -1.09. The van der Waals surface area contributed by atoms with Gasteiger partial charge in [-0.1, -0.05) is 6.07 Å². The minimum absolute atomic E-state index is 0.0211. The Morgan fingerprint density at radius 1 is 1.31 bits per heavy atom. The molecule has 5 rings (SSSR count). The zero-order valence-corrected chi connectivity index (χ0v) is 15.2. The van der Waals surface area contributed by atoms with Crippen molar-refractivity contribution < 1.29 is 14.3 Å².